The molecular weight excluding hydrogens is 424 g/mol. The minimum absolute atomic E-state index is 0.0790. The first-order valence-corrected chi connectivity index (χ1v) is 11.2. The van der Waals surface area contributed by atoms with Gasteiger partial charge in [-0.3, -0.25) is 9.69 Å². The summed E-state index contributed by atoms with van der Waals surface area (Å²) in [7, 11) is 0. The first kappa shape index (κ1) is 21.9. The van der Waals surface area contributed by atoms with E-state index in [4.69, 9.17) is 9.47 Å². The molecule has 0 spiro atoms. The van der Waals surface area contributed by atoms with Gasteiger partial charge in [0.2, 0.25) is 5.91 Å². The van der Waals surface area contributed by atoms with Crippen LogP contribution in [0.5, 0.6) is 5.75 Å². The van der Waals surface area contributed by atoms with Gasteiger partial charge in [-0.2, -0.15) is 0 Å². The number of carbonyl (C=O) groups excluding carboxylic acids is 2. The average molecular weight is 449 g/mol. The fourth-order valence-corrected chi connectivity index (χ4v) is 4.71. The van der Waals surface area contributed by atoms with Crippen molar-refractivity contribution in [2.45, 2.75) is 31.7 Å². The molecule has 0 bridgehead atoms. The van der Waals surface area contributed by atoms with Gasteiger partial charge in [0.15, 0.2) is 5.17 Å². The Bertz CT molecular complexity index is 1090. The number of amidine groups is 1. The fraction of sp³-hybridized carbons (Fsp3) is 0.240. The Labute approximate surface area is 191 Å². The summed E-state index contributed by atoms with van der Waals surface area (Å²) in [6, 6.07) is 16.8. The van der Waals surface area contributed by atoms with Crippen molar-refractivity contribution >= 4 is 28.8 Å². The Hall–Kier alpha value is -3.32. The molecule has 0 aromatic heterocycles. The van der Waals surface area contributed by atoms with Crippen LogP contribution < -0.4 is 4.74 Å². The van der Waals surface area contributed by atoms with Gasteiger partial charge in [-0.1, -0.05) is 66.9 Å². The molecule has 1 saturated heterocycles. The lowest BCUT2D eigenvalue weighted by Gasteiger charge is -2.33. The van der Waals surface area contributed by atoms with Crippen molar-refractivity contribution in [1.29, 1.82) is 0 Å². The van der Waals surface area contributed by atoms with Crippen molar-refractivity contribution in [2.75, 3.05) is 6.61 Å². The van der Waals surface area contributed by atoms with Crippen LogP contribution in [0, 0.1) is 0 Å². The van der Waals surface area contributed by atoms with Crippen LogP contribution in [0.2, 0.25) is 0 Å². The van der Waals surface area contributed by atoms with Crippen LogP contribution in [0.15, 0.2) is 83.5 Å². The zero-order valence-electron chi connectivity index (χ0n) is 18.0. The second-order valence-corrected chi connectivity index (χ2v) is 8.80. The molecule has 4 rings (SSSR count). The summed E-state index contributed by atoms with van der Waals surface area (Å²) < 4.78 is 11.2. The minimum atomic E-state index is -0.604. The molecule has 0 aliphatic carbocycles. The SMILES string of the molecule is C=CCOC(=O)C1=C(C)N=C2SC(C)C(=O)N2C1c1ccc(OCc2ccccc2)cc1. The molecule has 32 heavy (non-hydrogen) atoms. The van der Waals surface area contributed by atoms with Gasteiger partial charge in [0.1, 0.15) is 19.0 Å². The third-order valence-electron chi connectivity index (χ3n) is 5.25. The summed E-state index contributed by atoms with van der Waals surface area (Å²) in [5.41, 5.74) is 2.77. The van der Waals surface area contributed by atoms with Crippen LogP contribution in [0.3, 0.4) is 0 Å². The highest BCUT2D eigenvalue weighted by atomic mass is 32.2. The molecule has 2 atom stereocenters. The van der Waals surface area contributed by atoms with Gasteiger partial charge in [0, 0.05) is 0 Å². The van der Waals surface area contributed by atoms with E-state index in [-0.39, 0.29) is 17.8 Å². The lowest BCUT2D eigenvalue weighted by atomic mass is 9.94. The Morgan fingerprint density at radius 3 is 2.59 bits per heavy atom. The summed E-state index contributed by atoms with van der Waals surface area (Å²) in [4.78, 5) is 32.0. The van der Waals surface area contributed by atoms with Gasteiger partial charge in [-0.15, -0.1) is 0 Å². The van der Waals surface area contributed by atoms with E-state index >= 15 is 0 Å². The summed E-state index contributed by atoms with van der Waals surface area (Å²) in [5, 5.41) is 0.343. The molecule has 2 heterocycles. The molecule has 1 fully saturated rings. The van der Waals surface area contributed by atoms with Crippen molar-refractivity contribution in [3.63, 3.8) is 0 Å². The van der Waals surface area contributed by atoms with Crippen LogP contribution in [0.1, 0.15) is 31.0 Å². The number of nitrogens with zero attached hydrogens (tertiary/aromatic N) is 2. The second kappa shape index (κ2) is 9.44. The quantitative estimate of drug-likeness (QED) is 0.456. The highest BCUT2D eigenvalue weighted by Crippen LogP contribution is 2.43. The Morgan fingerprint density at radius 2 is 1.91 bits per heavy atom. The van der Waals surface area contributed by atoms with Crippen molar-refractivity contribution in [3.8, 4) is 5.75 Å². The predicted octanol–water partition coefficient (Wildman–Crippen LogP) is 4.64. The monoisotopic (exact) mass is 448 g/mol. The predicted molar refractivity (Wildman–Crippen MR) is 125 cm³/mol. The van der Waals surface area contributed by atoms with Crippen molar-refractivity contribution < 1.29 is 19.1 Å². The number of aliphatic imine (C=N–C) groups is 1. The number of hydrogen-bond acceptors (Lipinski definition) is 6. The number of esters is 1. The second-order valence-electron chi connectivity index (χ2n) is 7.49. The first-order valence-electron chi connectivity index (χ1n) is 10.3. The number of carbonyl (C=O) groups is 2. The molecule has 2 aliphatic heterocycles. The minimum Gasteiger partial charge on any atom is -0.489 e. The standard InChI is InChI=1S/C25H24N2O4S/c1-4-14-30-24(29)21-16(2)26-25-27(23(28)17(3)32-25)22(21)19-10-12-20(13-11-19)31-15-18-8-6-5-7-9-18/h4-13,17,22H,1,14-15H2,2-3H3. The highest BCUT2D eigenvalue weighted by Gasteiger charge is 2.46. The molecule has 164 valence electrons. The van der Waals surface area contributed by atoms with Crippen LogP contribution in [-0.4, -0.2) is 33.8 Å². The van der Waals surface area contributed by atoms with Crippen molar-refractivity contribution in [2.24, 2.45) is 4.99 Å². The van der Waals surface area contributed by atoms with E-state index in [0.29, 0.717) is 28.8 Å². The first-order chi connectivity index (χ1) is 15.5. The van der Waals surface area contributed by atoms with Crippen LogP contribution >= 0.6 is 11.8 Å². The molecule has 0 N–H and O–H groups in total. The van der Waals surface area contributed by atoms with Gasteiger partial charge in [-0.05, 0) is 37.1 Å². The molecule has 0 saturated carbocycles. The third-order valence-corrected chi connectivity index (χ3v) is 6.31. The molecule has 2 aromatic carbocycles. The van der Waals surface area contributed by atoms with Crippen LogP contribution in [-0.2, 0) is 20.9 Å². The van der Waals surface area contributed by atoms with E-state index in [1.807, 2.05) is 61.5 Å². The van der Waals surface area contributed by atoms with Crippen LogP contribution in [0.4, 0.5) is 0 Å². The molecule has 7 heteroatoms. The van der Waals surface area contributed by atoms with Gasteiger partial charge in [0.05, 0.1) is 22.6 Å². The van der Waals surface area contributed by atoms with Gasteiger partial charge in [0.25, 0.3) is 0 Å². The zero-order valence-corrected chi connectivity index (χ0v) is 18.8. The zero-order chi connectivity index (χ0) is 22.7. The number of thioether (sulfide) groups is 1. The largest absolute Gasteiger partial charge is 0.489 e. The summed E-state index contributed by atoms with van der Waals surface area (Å²) in [5.74, 6) is 0.121. The topological polar surface area (TPSA) is 68.2 Å². The van der Waals surface area contributed by atoms with E-state index in [1.54, 1.807) is 11.8 Å². The van der Waals surface area contributed by atoms with E-state index in [9.17, 15) is 9.59 Å². The molecular formula is C25H24N2O4S. The number of amides is 1. The van der Waals surface area contributed by atoms with E-state index < -0.39 is 12.0 Å². The third kappa shape index (κ3) is 4.34. The number of ether oxygens (including phenoxy) is 2. The maximum Gasteiger partial charge on any atom is 0.338 e. The fourth-order valence-electron chi connectivity index (χ4n) is 3.68. The number of fused-ring (bicyclic) bond motifs is 1. The lowest BCUT2D eigenvalue weighted by Crippen LogP contribution is -2.40. The van der Waals surface area contributed by atoms with E-state index in [0.717, 1.165) is 11.1 Å². The number of benzene rings is 2. The lowest BCUT2D eigenvalue weighted by molar-refractivity contribution is -0.139. The average Bonchev–Trinajstić information content (AvgIpc) is 3.09. The van der Waals surface area contributed by atoms with Crippen molar-refractivity contribution in [1.82, 2.24) is 4.90 Å². The molecule has 2 aromatic rings. The van der Waals surface area contributed by atoms with E-state index in [2.05, 4.69) is 11.6 Å². The summed E-state index contributed by atoms with van der Waals surface area (Å²) in [6.45, 7) is 7.75. The van der Waals surface area contributed by atoms with Gasteiger partial charge in [-0.25, -0.2) is 9.79 Å². The number of rotatable bonds is 7. The summed E-state index contributed by atoms with van der Waals surface area (Å²) >= 11 is 1.40. The number of allylic oxidation sites excluding steroid dienone is 1. The molecule has 0 radical (unpaired) electrons. The number of hydrogen-bond donors (Lipinski definition) is 0. The molecule has 2 aliphatic rings. The Kier molecular flexibility index (Phi) is 6.46. The Balaban J connectivity index is 1.63. The maximum absolute atomic E-state index is 12.9. The van der Waals surface area contributed by atoms with Crippen molar-refractivity contribution in [3.05, 3.63) is 89.6 Å². The Morgan fingerprint density at radius 1 is 1.19 bits per heavy atom. The smallest absolute Gasteiger partial charge is 0.338 e. The maximum atomic E-state index is 12.9. The van der Waals surface area contributed by atoms with Gasteiger partial charge >= 0.3 is 5.97 Å². The molecule has 2 unspecified atom stereocenters. The molecule has 6 nitrogen and oxygen atoms in total. The normalized spacial score (nSPS) is 20.0. The van der Waals surface area contributed by atoms with Gasteiger partial charge < -0.3 is 9.47 Å². The summed E-state index contributed by atoms with van der Waals surface area (Å²) in [6.07, 6.45) is 1.51. The van der Waals surface area contributed by atoms with Crippen LogP contribution in [0.25, 0.3) is 0 Å². The highest BCUT2D eigenvalue weighted by molar-refractivity contribution is 8.15. The van der Waals surface area contributed by atoms with E-state index in [1.165, 1.54) is 17.8 Å². The molecule has 1 amide bonds.